The van der Waals surface area contributed by atoms with Gasteiger partial charge in [-0.05, 0) is 24.7 Å². The lowest BCUT2D eigenvalue weighted by Gasteiger charge is -2.18. The first-order chi connectivity index (χ1) is 7.67. The second-order valence-electron chi connectivity index (χ2n) is 3.31. The summed E-state index contributed by atoms with van der Waals surface area (Å²) >= 11 is 3.50. The largest absolute Gasteiger partial charge is 0.493 e. The van der Waals surface area contributed by atoms with Crippen LogP contribution in [0.3, 0.4) is 0 Å². The van der Waals surface area contributed by atoms with E-state index in [-0.39, 0.29) is 6.04 Å². The summed E-state index contributed by atoms with van der Waals surface area (Å²) in [6.07, 6.45) is 0. The molecule has 1 aromatic rings. The third kappa shape index (κ3) is 2.66. The molecule has 0 aliphatic heterocycles. The highest BCUT2D eigenvalue weighted by molar-refractivity contribution is 9.10. The first-order valence-corrected chi connectivity index (χ1v) is 5.76. The summed E-state index contributed by atoms with van der Waals surface area (Å²) in [5, 5.41) is 3.15. The van der Waals surface area contributed by atoms with Gasteiger partial charge in [-0.3, -0.25) is 0 Å². The molecule has 0 aromatic heterocycles. The normalized spacial score (nSPS) is 12.3. The zero-order chi connectivity index (χ0) is 12.1. The molecule has 1 unspecified atom stereocenters. The van der Waals surface area contributed by atoms with Crippen LogP contribution < -0.4 is 20.5 Å². The van der Waals surface area contributed by atoms with Gasteiger partial charge in [-0.15, -0.1) is 0 Å². The monoisotopic (exact) mass is 288 g/mol. The molecule has 90 valence electrons. The zero-order valence-corrected chi connectivity index (χ0v) is 11.3. The maximum absolute atomic E-state index is 5.69. The molecule has 0 radical (unpaired) electrons. The Morgan fingerprint density at radius 3 is 2.31 bits per heavy atom. The van der Waals surface area contributed by atoms with Gasteiger partial charge in [0.05, 0.1) is 14.2 Å². The summed E-state index contributed by atoms with van der Waals surface area (Å²) in [4.78, 5) is 0. The molecule has 1 aromatic carbocycles. The van der Waals surface area contributed by atoms with Gasteiger partial charge in [0, 0.05) is 17.1 Å². The molecule has 16 heavy (non-hydrogen) atoms. The zero-order valence-electron chi connectivity index (χ0n) is 9.71. The molecular weight excluding hydrogens is 272 g/mol. The molecule has 4 nitrogen and oxygen atoms in total. The van der Waals surface area contributed by atoms with E-state index in [4.69, 9.17) is 15.2 Å². The number of nitrogens with one attached hydrogen (secondary N) is 1. The predicted octanol–water partition coefficient (Wildman–Crippen LogP) is 1.69. The lowest BCUT2D eigenvalue weighted by molar-refractivity contribution is 0.353. The summed E-state index contributed by atoms with van der Waals surface area (Å²) in [6.45, 7) is 0.518. The van der Waals surface area contributed by atoms with Crippen LogP contribution in [0.25, 0.3) is 0 Å². The summed E-state index contributed by atoms with van der Waals surface area (Å²) in [7, 11) is 5.11. The van der Waals surface area contributed by atoms with E-state index in [2.05, 4.69) is 21.2 Å². The Bertz CT molecular complexity index is 354. The summed E-state index contributed by atoms with van der Waals surface area (Å²) < 4.78 is 11.4. The van der Waals surface area contributed by atoms with Crippen molar-refractivity contribution in [3.63, 3.8) is 0 Å². The molecule has 0 aliphatic carbocycles. The topological polar surface area (TPSA) is 56.5 Å². The molecule has 0 saturated heterocycles. The first kappa shape index (κ1) is 13.3. The number of rotatable bonds is 5. The van der Waals surface area contributed by atoms with Gasteiger partial charge in [0.25, 0.3) is 0 Å². The fraction of sp³-hybridized carbons (Fsp3) is 0.455. The Hall–Kier alpha value is -0.780. The van der Waals surface area contributed by atoms with Gasteiger partial charge in [-0.1, -0.05) is 15.9 Å². The van der Waals surface area contributed by atoms with Crippen LogP contribution in [0.4, 0.5) is 0 Å². The summed E-state index contributed by atoms with van der Waals surface area (Å²) in [5.41, 5.74) is 6.75. The van der Waals surface area contributed by atoms with Crippen molar-refractivity contribution in [3.8, 4) is 11.5 Å². The van der Waals surface area contributed by atoms with Crippen LogP contribution in [0.1, 0.15) is 11.6 Å². The van der Waals surface area contributed by atoms with E-state index in [0.29, 0.717) is 18.0 Å². The van der Waals surface area contributed by atoms with E-state index in [9.17, 15) is 0 Å². The number of halogens is 1. The molecular formula is C11H17BrN2O2. The Labute approximate surface area is 104 Å². The quantitative estimate of drug-likeness (QED) is 0.866. The number of benzene rings is 1. The molecule has 0 spiro atoms. The Balaban J connectivity index is 3.19. The highest BCUT2D eigenvalue weighted by Crippen LogP contribution is 2.35. The lowest BCUT2D eigenvalue weighted by Crippen LogP contribution is -2.25. The van der Waals surface area contributed by atoms with Gasteiger partial charge in [0.2, 0.25) is 0 Å². The van der Waals surface area contributed by atoms with E-state index in [1.165, 1.54) is 0 Å². The highest BCUT2D eigenvalue weighted by atomic mass is 79.9. The predicted molar refractivity (Wildman–Crippen MR) is 68.1 cm³/mol. The van der Waals surface area contributed by atoms with Crippen molar-refractivity contribution in [2.75, 3.05) is 27.8 Å². The molecule has 0 fully saturated rings. The van der Waals surface area contributed by atoms with Gasteiger partial charge >= 0.3 is 0 Å². The minimum atomic E-state index is 0.0918. The van der Waals surface area contributed by atoms with Crippen LogP contribution in [0.15, 0.2) is 16.6 Å². The second-order valence-corrected chi connectivity index (χ2v) is 4.16. The van der Waals surface area contributed by atoms with Crippen molar-refractivity contribution in [1.29, 1.82) is 0 Å². The molecule has 0 saturated carbocycles. The van der Waals surface area contributed by atoms with Crippen LogP contribution in [0.2, 0.25) is 0 Å². The average Bonchev–Trinajstić information content (AvgIpc) is 2.32. The Kier molecular flexibility index (Phi) is 5.05. The van der Waals surface area contributed by atoms with Crippen molar-refractivity contribution in [1.82, 2.24) is 5.32 Å². The van der Waals surface area contributed by atoms with Crippen molar-refractivity contribution < 1.29 is 9.47 Å². The number of likely N-dealkylation sites (N-methyl/N-ethyl adjacent to an activating group) is 1. The average molecular weight is 289 g/mol. The van der Waals surface area contributed by atoms with Crippen molar-refractivity contribution in [2.45, 2.75) is 6.04 Å². The second kappa shape index (κ2) is 6.08. The smallest absolute Gasteiger partial charge is 0.161 e. The maximum Gasteiger partial charge on any atom is 0.161 e. The highest BCUT2D eigenvalue weighted by Gasteiger charge is 2.15. The van der Waals surface area contributed by atoms with E-state index in [1.807, 2.05) is 19.2 Å². The van der Waals surface area contributed by atoms with Crippen LogP contribution >= 0.6 is 15.9 Å². The third-order valence-electron chi connectivity index (χ3n) is 2.46. The number of nitrogens with two attached hydrogens (primary N) is 1. The molecule has 0 heterocycles. The Morgan fingerprint density at radius 2 is 1.88 bits per heavy atom. The van der Waals surface area contributed by atoms with Gasteiger partial charge in [-0.25, -0.2) is 0 Å². The number of hydrogen-bond donors (Lipinski definition) is 2. The maximum atomic E-state index is 5.69. The molecule has 0 aliphatic rings. The van der Waals surface area contributed by atoms with Crippen LogP contribution in [0, 0.1) is 0 Å². The minimum absolute atomic E-state index is 0.0918. The molecule has 3 N–H and O–H groups in total. The summed E-state index contributed by atoms with van der Waals surface area (Å²) in [6, 6.07) is 3.90. The Morgan fingerprint density at radius 1 is 1.31 bits per heavy atom. The molecule has 1 rings (SSSR count). The van der Waals surface area contributed by atoms with Gasteiger partial charge in [-0.2, -0.15) is 0 Å². The van der Waals surface area contributed by atoms with E-state index < -0.39 is 0 Å². The van der Waals surface area contributed by atoms with E-state index in [1.54, 1.807) is 14.2 Å². The standard InChI is InChI=1S/C11H17BrN2O2/c1-14-9(6-13)7-4-10(15-2)11(16-3)5-8(7)12/h4-5,9,14H,6,13H2,1-3H3. The van der Waals surface area contributed by atoms with E-state index in [0.717, 1.165) is 10.0 Å². The number of ether oxygens (including phenoxy) is 2. The third-order valence-corrected chi connectivity index (χ3v) is 3.15. The van der Waals surface area contributed by atoms with E-state index >= 15 is 0 Å². The fourth-order valence-corrected chi connectivity index (χ4v) is 2.14. The van der Waals surface area contributed by atoms with Crippen LogP contribution in [-0.2, 0) is 0 Å². The van der Waals surface area contributed by atoms with Gasteiger partial charge < -0.3 is 20.5 Å². The minimum Gasteiger partial charge on any atom is -0.493 e. The SMILES string of the molecule is CNC(CN)c1cc(OC)c(OC)cc1Br. The number of methoxy groups -OCH3 is 2. The number of hydrogen-bond acceptors (Lipinski definition) is 4. The fourth-order valence-electron chi connectivity index (χ4n) is 1.54. The molecule has 5 heteroatoms. The molecule has 1 atom stereocenters. The lowest BCUT2D eigenvalue weighted by atomic mass is 10.1. The van der Waals surface area contributed by atoms with Crippen molar-refractivity contribution in [3.05, 3.63) is 22.2 Å². The van der Waals surface area contributed by atoms with Crippen molar-refractivity contribution in [2.24, 2.45) is 5.73 Å². The van der Waals surface area contributed by atoms with Crippen LogP contribution in [-0.4, -0.2) is 27.8 Å². The van der Waals surface area contributed by atoms with Gasteiger partial charge in [0.15, 0.2) is 11.5 Å². The molecule has 0 bridgehead atoms. The first-order valence-electron chi connectivity index (χ1n) is 4.96. The summed E-state index contributed by atoms with van der Waals surface area (Å²) in [5.74, 6) is 1.40. The van der Waals surface area contributed by atoms with Crippen molar-refractivity contribution >= 4 is 15.9 Å². The molecule has 0 amide bonds. The van der Waals surface area contributed by atoms with Crippen LogP contribution in [0.5, 0.6) is 11.5 Å². The van der Waals surface area contributed by atoms with Gasteiger partial charge in [0.1, 0.15) is 0 Å².